The number of fused-ring (bicyclic) bond motifs is 1. The predicted octanol–water partition coefficient (Wildman–Crippen LogP) is 3.92. The average Bonchev–Trinajstić information content (AvgIpc) is 2.75. The Bertz CT molecular complexity index is 490. The van der Waals surface area contributed by atoms with E-state index in [0.29, 0.717) is 11.5 Å². The monoisotopic (exact) mass is 250 g/mol. The van der Waals surface area contributed by atoms with E-state index in [-0.39, 0.29) is 0 Å². The van der Waals surface area contributed by atoms with Crippen LogP contribution in [0.25, 0.3) is 11.0 Å². The van der Waals surface area contributed by atoms with Crippen molar-refractivity contribution in [2.45, 2.75) is 26.4 Å². The minimum Gasteiger partial charge on any atom is -0.458 e. The summed E-state index contributed by atoms with van der Waals surface area (Å²) in [5.74, 6) is 2.46. The molecule has 1 atom stereocenters. The smallest absolute Gasteiger partial charge is 0.137 e. The van der Waals surface area contributed by atoms with Crippen LogP contribution in [0, 0.1) is 6.92 Å². The van der Waals surface area contributed by atoms with Crippen LogP contribution in [0.3, 0.4) is 0 Å². The van der Waals surface area contributed by atoms with Gasteiger partial charge < -0.3 is 9.52 Å². The normalized spacial score (nSPS) is 13.1. The molecule has 0 saturated heterocycles. The molecule has 3 heteroatoms. The van der Waals surface area contributed by atoms with Gasteiger partial charge in [0, 0.05) is 11.1 Å². The Hall–Kier alpha value is -0.930. The molecule has 1 aromatic carbocycles. The molecule has 0 radical (unpaired) electrons. The van der Waals surface area contributed by atoms with Crippen LogP contribution in [0.1, 0.15) is 30.8 Å². The maximum absolute atomic E-state index is 10.0. The van der Waals surface area contributed by atoms with E-state index in [2.05, 4.69) is 6.92 Å². The second-order valence-corrected chi connectivity index (χ2v) is 5.38. The first-order chi connectivity index (χ1) is 8.22. The highest BCUT2D eigenvalue weighted by atomic mass is 32.2. The van der Waals surface area contributed by atoms with Crippen molar-refractivity contribution < 1.29 is 9.52 Å². The van der Waals surface area contributed by atoms with Gasteiger partial charge in [-0.3, -0.25) is 0 Å². The molecule has 2 aromatic rings. The van der Waals surface area contributed by atoms with E-state index in [1.165, 1.54) is 0 Å². The molecule has 1 aromatic heterocycles. The fourth-order valence-electron chi connectivity index (χ4n) is 1.81. The van der Waals surface area contributed by atoms with Gasteiger partial charge in [-0.25, -0.2) is 0 Å². The van der Waals surface area contributed by atoms with Crippen LogP contribution < -0.4 is 0 Å². The Morgan fingerprint density at radius 3 is 2.94 bits per heavy atom. The van der Waals surface area contributed by atoms with Gasteiger partial charge in [-0.05, 0) is 30.7 Å². The summed E-state index contributed by atoms with van der Waals surface area (Å²) in [5, 5.41) is 11.1. The van der Waals surface area contributed by atoms with Gasteiger partial charge in [0.05, 0.1) is 0 Å². The molecule has 1 N–H and O–H groups in total. The largest absolute Gasteiger partial charge is 0.458 e. The summed E-state index contributed by atoms with van der Waals surface area (Å²) < 4.78 is 5.73. The van der Waals surface area contributed by atoms with Crippen LogP contribution in [0.15, 0.2) is 28.7 Å². The number of aryl methyl sites for hydroxylation is 1. The molecule has 0 spiro atoms. The van der Waals surface area contributed by atoms with E-state index >= 15 is 0 Å². The molecule has 2 rings (SSSR count). The standard InChI is InChI=1S/C14H18O2S/c1-3-7-17-9-12(15)13-8-11-6-4-5-10(2)14(11)16-13/h4-6,8,12,15H,3,7,9H2,1-2H3. The Morgan fingerprint density at radius 1 is 1.41 bits per heavy atom. The molecule has 0 saturated carbocycles. The molecule has 1 unspecified atom stereocenters. The Labute approximate surface area is 106 Å². The molecule has 0 aliphatic heterocycles. The van der Waals surface area contributed by atoms with Crippen molar-refractivity contribution in [1.29, 1.82) is 0 Å². The second kappa shape index (κ2) is 5.61. The van der Waals surface area contributed by atoms with Gasteiger partial charge >= 0.3 is 0 Å². The topological polar surface area (TPSA) is 33.4 Å². The molecule has 0 aliphatic carbocycles. The van der Waals surface area contributed by atoms with Crippen molar-refractivity contribution in [3.05, 3.63) is 35.6 Å². The van der Waals surface area contributed by atoms with Crippen molar-refractivity contribution in [1.82, 2.24) is 0 Å². The van der Waals surface area contributed by atoms with Crippen LogP contribution in [-0.4, -0.2) is 16.6 Å². The number of benzene rings is 1. The zero-order valence-corrected chi connectivity index (χ0v) is 11.1. The molecule has 92 valence electrons. The van der Waals surface area contributed by atoms with Gasteiger partial charge in [0.25, 0.3) is 0 Å². The SMILES string of the molecule is CCCSCC(O)c1cc2cccc(C)c2o1. The average molecular weight is 250 g/mol. The minimum absolute atomic E-state index is 0.502. The van der Waals surface area contributed by atoms with E-state index in [1.807, 2.05) is 31.2 Å². The number of rotatable bonds is 5. The summed E-state index contributed by atoms with van der Waals surface area (Å²) in [6.07, 6.45) is 0.634. The molecule has 2 nitrogen and oxygen atoms in total. The minimum atomic E-state index is -0.502. The maximum Gasteiger partial charge on any atom is 0.137 e. The summed E-state index contributed by atoms with van der Waals surface area (Å²) in [6.45, 7) is 4.16. The highest BCUT2D eigenvalue weighted by Crippen LogP contribution is 2.28. The van der Waals surface area contributed by atoms with Crippen molar-refractivity contribution in [2.75, 3.05) is 11.5 Å². The van der Waals surface area contributed by atoms with Gasteiger partial charge in [-0.15, -0.1) is 0 Å². The Balaban J connectivity index is 2.16. The molecule has 1 heterocycles. The number of thioether (sulfide) groups is 1. The summed E-state index contributed by atoms with van der Waals surface area (Å²) >= 11 is 1.76. The lowest BCUT2D eigenvalue weighted by Gasteiger charge is -2.06. The molecule has 17 heavy (non-hydrogen) atoms. The maximum atomic E-state index is 10.0. The van der Waals surface area contributed by atoms with Crippen molar-refractivity contribution >= 4 is 22.7 Å². The first kappa shape index (κ1) is 12.5. The number of furan rings is 1. The molecule has 0 bridgehead atoms. The number of aliphatic hydroxyl groups is 1. The summed E-state index contributed by atoms with van der Waals surface area (Å²) in [5.41, 5.74) is 2.00. The van der Waals surface area contributed by atoms with E-state index in [4.69, 9.17) is 4.42 Å². The Morgan fingerprint density at radius 2 is 2.24 bits per heavy atom. The fraction of sp³-hybridized carbons (Fsp3) is 0.429. The molecular formula is C14H18O2S. The number of hydrogen-bond acceptors (Lipinski definition) is 3. The number of aliphatic hydroxyl groups excluding tert-OH is 1. The second-order valence-electron chi connectivity index (χ2n) is 4.23. The van der Waals surface area contributed by atoms with Crippen LogP contribution in [0.2, 0.25) is 0 Å². The van der Waals surface area contributed by atoms with E-state index in [1.54, 1.807) is 11.8 Å². The molecule has 0 amide bonds. The lowest BCUT2D eigenvalue weighted by Crippen LogP contribution is -1.99. The van der Waals surface area contributed by atoms with Crippen LogP contribution in [0.5, 0.6) is 0 Å². The van der Waals surface area contributed by atoms with E-state index in [9.17, 15) is 5.11 Å². The van der Waals surface area contributed by atoms with Gasteiger partial charge in [0.2, 0.25) is 0 Å². The predicted molar refractivity (Wildman–Crippen MR) is 73.5 cm³/mol. The fourth-order valence-corrected chi connectivity index (χ4v) is 2.66. The lowest BCUT2D eigenvalue weighted by molar-refractivity contribution is 0.176. The zero-order chi connectivity index (χ0) is 12.3. The first-order valence-corrected chi connectivity index (χ1v) is 7.12. The van der Waals surface area contributed by atoms with Crippen molar-refractivity contribution in [2.24, 2.45) is 0 Å². The number of hydrogen-bond donors (Lipinski definition) is 1. The quantitative estimate of drug-likeness (QED) is 0.817. The summed E-state index contributed by atoms with van der Waals surface area (Å²) in [4.78, 5) is 0. The highest BCUT2D eigenvalue weighted by molar-refractivity contribution is 7.99. The van der Waals surface area contributed by atoms with Gasteiger partial charge in [0.15, 0.2) is 0 Å². The summed E-state index contributed by atoms with van der Waals surface area (Å²) in [7, 11) is 0. The number of para-hydroxylation sites is 1. The third-order valence-corrected chi connectivity index (χ3v) is 3.96. The van der Waals surface area contributed by atoms with E-state index < -0.39 is 6.10 Å². The van der Waals surface area contributed by atoms with Gasteiger partial charge in [0.1, 0.15) is 17.4 Å². The van der Waals surface area contributed by atoms with Crippen molar-refractivity contribution in [3.63, 3.8) is 0 Å². The molecular weight excluding hydrogens is 232 g/mol. The van der Waals surface area contributed by atoms with Gasteiger partial charge in [-0.1, -0.05) is 25.1 Å². The van der Waals surface area contributed by atoms with Crippen molar-refractivity contribution in [3.8, 4) is 0 Å². The lowest BCUT2D eigenvalue weighted by atomic mass is 10.2. The highest BCUT2D eigenvalue weighted by Gasteiger charge is 2.13. The van der Waals surface area contributed by atoms with Crippen LogP contribution >= 0.6 is 11.8 Å². The third-order valence-electron chi connectivity index (χ3n) is 2.71. The third kappa shape index (κ3) is 2.85. The zero-order valence-electron chi connectivity index (χ0n) is 10.3. The van der Waals surface area contributed by atoms with Crippen LogP contribution in [0.4, 0.5) is 0 Å². The van der Waals surface area contributed by atoms with Gasteiger partial charge in [-0.2, -0.15) is 11.8 Å². The molecule has 0 fully saturated rings. The van der Waals surface area contributed by atoms with Crippen LogP contribution in [-0.2, 0) is 0 Å². The first-order valence-electron chi connectivity index (χ1n) is 5.97. The molecule has 0 aliphatic rings. The Kier molecular flexibility index (Phi) is 4.13. The summed E-state index contributed by atoms with van der Waals surface area (Å²) in [6, 6.07) is 7.99. The van der Waals surface area contributed by atoms with E-state index in [0.717, 1.165) is 28.7 Å².